The van der Waals surface area contributed by atoms with Crippen molar-refractivity contribution in [2.45, 2.75) is 31.7 Å². The third kappa shape index (κ3) is 1.54. The van der Waals surface area contributed by atoms with Gasteiger partial charge in [0.15, 0.2) is 0 Å². The lowest BCUT2D eigenvalue weighted by Crippen LogP contribution is -2.34. The van der Waals surface area contributed by atoms with Crippen molar-refractivity contribution in [2.24, 2.45) is 0 Å². The summed E-state index contributed by atoms with van der Waals surface area (Å²) in [5.74, 6) is -0.556. The van der Waals surface area contributed by atoms with Crippen LogP contribution in [0.4, 0.5) is 8.78 Å². The zero-order chi connectivity index (χ0) is 12.0. The number of fused-ring (bicyclic) bond motifs is 1. The molecular weight excluding hydrogens is 224 g/mol. The number of rotatable bonds is 1. The zero-order valence-electron chi connectivity index (χ0n) is 9.78. The van der Waals surface area contributed by atoms with E-state index in [4.69, 9.17) is 4.74 Å². The Labute approximate surface area is 99.0 Å². The molecule has 1 N–H and O–H groups in total. The van der Waals surface area contributed by atoms with E-state index in [1.54, 1.807) is 0 Å². The molecule has 2 aliphatic rings. The molecule has 0 aliphatic carbocycles. The predicted octanol–water partition coefficient (Wildman–Crippen LogP) is 2.50. The summed E-state index contributed by atoms with van der Waals surface area (Å²) < 4.78 is 33.1. The summed E-state index contributed by atoms with van der Waals surface area (Å²) in [5.41, 5.74) is 0.604. The van der Waals surface area contributed by atoms with E-state index in [1.807, 2.05) is 6.92 Å². The van der Waals surface area contributed by atoms with Gasteiger partial charge < -0.3 is 10.1 Å². The Morgan fingerprint density at radius 2 is 2.18 bits per heavy atom. The van der Waals surface area contributed by atoms with Crippen molar-refractivity contribution in [3.05, 3.63) is 28.8 Å². The first-order chi connectivity index (χ1) is 8.12. The number of nitrogens with one attached hydrogen (secondary N) is 1. The van der Waals surface area contributed by atoms with Crippen molar-refractivity contribution in [3.8, 4) is 5.75 Å². The summed E-state index contributed by atoms with van der Waals surface area (Å²) in [4.78, 5) is 0. The third-order valence-corrected chi connectivity index (χ3v) is 3.80. The molecule has 17 heavy (non-hydrogen) atoms. The normalized spacial score (nSPS) is 27.0. The molecule has 0 radical (unpaired) electrons. The van der Waals surface area contributed by atoms with Gasteiger partial charge in [0.2, 0.25) is 0 Å². The quantitative estimate of drug-likeness (QED) is 0.813. The first-order valence-corrected chi connectivity index (χ1v) is 6.01. The van der Waals surface area contributed by atoms with Crippen LogP contribution in [0.3, 0.4) is 0 Å². The molecule has 1 aromatic rings. The topological polar surface area (TPSA) is 21.3 Å². The average molecular weight is 239 g/mol. The third-order valence-electron chi connectivity index (χ3n) is 3.80. The van der Waals surface area contributed by atoms with Crippen molar-refractivity contribution in [1.82, 2.24) is 5.32 Å². The highest BCUT2D eigenvalue weighted by molar-refractivity contribution is 5.49. The van der Waals surface area contributed by atoms with Crippen LogP contribution in [0.2, 0.25) is 0 Å². The van der Waals surface area contributed by atoms with Crippen LogP contribution >= 0.6 is 0 Å². The Kier molecular flexibility index (Phi) is 2.36. The van der Waals surface area contributed by atoms with Crippen LogP contribution in [-0.2, 0) is 12.0 Å². The van der Waals surface area contributed by atoms with Gasteiger partial charge in [0.25, 0.3) is 0 Å². The maximum Gasteiger partial charge on any atom is 0.134 e. The van der Waals surface area contributed by atoms with Crippen LogP contribution in [0.25, 0.3) is 0 Å². The summed E-state index contributed by atoms with van der Waals surface area (Å²) >= 11 is 0. The molecule has 0 spiro atoms. The molecule has 92 valence electrons. The fourth-order valence-electron chi connectivity index (χ4n) is 2.91. The van der Waals surface area contributed by atoms with E-state index in [9.17, 15) is 8.78 Å². The average Bonchev–Trinajstić information content (AvgIpc) is 2.87. The molecule has 2 nitrogen and oxygen atoms in total. The second kappa shape index (κ2) is 3.67. The molecule has 0 saturated carbocycles. The maximum atomic E-state index is 14.0. The molecular formula is C13H15F2NO. The summed E-state index contributed by atoms with van der Waals surface area (Å²) in [5, 5.41) is 3.30. The lowest BCUT2D eigenvalue weighted by atomic mass is 9.87. The van der Waals surface area contributed by atoms with E-state index in [-0.39, 0.29) is 0 Å². The van der Waals surface area contributed by atoms with Crippen molar-refractivity contribution >= 4 is 0 Å². The number of ether oxygens (including phenoxy) is 1. The Morgan fingerprint density at radius 3 is 2.88 bits per heavy atom. The standard InChI is InChI=1S/C13H15F2NO/c1-13(4-2-5-16-13)11-10(15)7-9(14)8-3-6-17-12(8)11/h7,16H,2-6H2,1H3. The molecule has 0 amide bonds. The smallest absolute Gasteiger partial charge is 0.134 e. The van der Waals surface area contributed by atoms with E-state index in [0.717, 1.165) is 25.5 Å². The lowest BCUT2D eigenvalue weighted by Gasteiger charge is -2.27. The lowest BCUT2D eigenvalue weighted by molar-refractivity contribution is 0.327. The Balaban J connectivity index is 2.19. The second-order valence-corrected chi connectivity index (χ2v) is 4.98. The highest BCUT2D eigenvalue weighted by Gasteiger charge is 2.38. The molecule has 1 atom stereocenters. The minimum Gasteiger partial charge on any atom is -0.492 e. The molecule has 0 aromatic heterocycles. The Morgan fingerprint density at radius 1 is 1.35 bits per heavy atom. The van der Waals surface area contributed by atoms with Gasteiger partial charge in [-0.1, -0.05) is 0 Å². The summed E-state index contributed by atoms with van der Waals surface area (Å²) in [6.45, 7) is 3.26. The second-order valence-electron chi connectivity index (χ2n) is 4.98. The van der Waals surface area contributed by atoms with E-state index in [2.05, 4.69) is 5.32 Å². The first-order valence-electron chi connectivity index (χ1n) is 6.01. The summed E-state index contributed by atoms with van der Waals surface area (Å²) in [7, 11) is 0. The molecule has 0 bridgehead atoms. The van der Waals surface area contributed by atoms with Gasteiger partial charge in [-0.25, -0.2) is 8.78 Å². The largest absolute Gasteiger partial charge is 0.492 e. The van der Waals surface area contributed by atoms with Crippen LogP contribution in [0.5, 0.6) is 5.75 Å². The predicted molar refractivity (Wildman–Crippen MR) is 60.1 cm³/mol. The first kappa shape index (κ1) is 11.0. The monoisotopic (exact) mass is 239 g/mol. The molecule has 1 aromatic carbocycles. The van der Waals surface area contributed by atoms with Crippen molar-refractivity contribution in [2.75, 3.05) is 13.2 Å². The number of hydrogen-bond donors (Lipinski definition) is 1. The molecule has 2 aliphatic heterocycles. The van der Waals surface area contributed by atoms with Crippen LogP contribution < -0.4 is 10.1 Å². The van der Waals surface area contributed by atoms with Gasteiger partial charge >= 0.3 is 0 Å². The molecule has 1 saturated heterocycles. The molecule has 3 rings (SSSR count). The van der Waals surface area contributed by atoms with E-state index >= 15 is 0 Å². The minimum atomic E-state index is -0.500. The Bertz CT molecular complexity index is 467. The van der Waals surface area contributed by atoms with Crippen LogP contribution in [0.1, 0.15) is 30.9 Å². The fraction of sp³-hybridized carbons (Fsp3) is 0.538. The van der Waals surface area contributed by atoms with Gasteiger partial charge in [-0.2, -0.15) is 0 Å². The summed E-state index contributed by atoms with van der Waals surface area (Å²) in [6.07, 6.45) is 2.39. The van der Waals surface area contributed by atoms with Crippen molar-refractivity contribution in [1.29, 1.82) is 0 Å². The van der Waals surface area contributed by atoms with Crippen molar-refractivity contribution < 1.29 is 13.5 Å². The van der Waals surface area contributed by atoms with Gasteiger partial charge in [0.1, 0.15) is 17.4 Å². The van der Waals surface area contributed by atoms with Gasteiger partial charge in [-0.15, -0.1) is 0 Å². The van der Waals surface area contributed by atoms with Gasteiger partial charge in [0.05, 0.1) is 12.2 Å². The highest BCUT2D eigenvalue weighted by atomic mass is 19.1. The number of benzene rings is 1. The molecule has 2 heterocycles. The number of hydrogen-bond acceptors (Lipinski definition) is 2. The highest BCUT2D eigenvalue weighted by Crippen LogP contribution is 2.43. The van der Waals surface area contributed by atoms with Crippen LogP contribution in [-0.4, -0.2) is 13.2 Å². The molecule has 4 heteroatoms. The fourth-order valence-corrected chi connectivity index (χ4v) is 2.91. The van der Waals surface area contributed by atoms with Crippen molar-refractivity contribution in [3.63, 3.8) is 0 Å². The number of halogens is 2. The van der Waals surface area contributed by atoms with E-state index < -0.39 is 17.2 Å². The van der Waals surface area contributed by atoms with Crippen LogP contribution in [0, 0.1) is 11.6 Å². The Hall–Kier alpha value is -1.16. The zero-order valence-corrected chi connectivity index (χ0v) is 9.78. The van der Waals surface area contributed by atoms with E-state index in [1.165, 1.54) is 0 Å². The van der Waals surface area contributed by atoms with Gasteiger partial charge in [-0.05, 0) is 26.3 Å². The summed E-state index contributed by atoms with van der Waals surface area (Å²) in [6, 6.07) is 0.994. The van der Waals surface area contributed by atoms with E-state index in [0.29, 0.717) is 29.9 Å². The van der Waals surface area contributed by atoms with Gasteiger partial charge in [0, 0.05) is 23.6 Å². The minimum absolute atomic E-state index is 0.424. The SMILES string of the molecule is CC1(c2c(F)cc(F)c3c2OCC3)CCCN1. The molecule has 1 unspecified atom stereocenters. The maximum absolute atomic E-state index is 14.0. The molecule has 1 fully saturated rings. The van der Waals surface area contributed by atoms with Crippen LogP contribution in [0.15, 0.2) is 6.07 Å². The van der Waals surface area contributed by atoms with Gasteiger partial charge in [-0.3, -0.25) is 0 Å².